The van der Waals surface area contributed by atoms with E-state index in [4.69, 9.17) is 4.74 Å². The zero-order chi connectivity index (χ0) is 17.3. The molecule has 0 bridgehead atoms. The zero-order valence-electron chi connectivity index (χ0n) is 16.3. The van der Waals surface area contributed by atoms with Crippen molar-refractivity contribution < 1.29 is 9.53 Å². The predicted molar refractivity (Wildman–Crippen MR) is 103 cm³/mol. The number of unbranched alkanes of at least 4 members (excludes halogenated alkanes) is 15. The normalized spacial score (nSPS) is 17.4. The molecule has 0 saturated carbocycles. The van der Waals surface area contributed by atoms with Crippen LogP contribution in [0.1, 0.15) is 129 Å². The Bertz CT molecular complexity index is 288. The van der Waals surface area contributed by atoms with Crippen LogP contribution in [0, 0.1) is 0 Å². The predicted octanol–water partition coefficient (Wildman–Crippen LogP) is 7.34. The van der Waals surface area contributed by atoms with E-state index in [1.807, 2.05) is 0 Å². The molecule has 24 heavy (non-hydrogen) atoms. The second-order valence-electron chi connectivity index (χ2n) is 7.74. The Labute approximate surface area is 151 Å². The van der Waals surface area contributed by atoms with Crippen LogP contribution >= 0.6 is 0 Å². The fraction of sp³-hybridized carbons (Fsp3) is 0.955. The van der Waals surface area contributed by atoms with Crippen molar-refractivity contribution in [3.63, 3.8) is 0 Å². The Morgan fingerprint density at radius 1 is 0.708 bits per heavy atom. The maximum Gasteiger partial charge on any atom is 0.306 e. The van der Waals surface area contributed by atoms with Gasteiger partial charge in [-0.1, -0.05) is 103 Å². The van der Waals surface area contributed by atoms with Gasteiger partial charge in [0.25, 0.3) is 0 Å². The molecule has 2 nitrogen and oxygen atoms in total. The molecule has 0 aromatic heterocycles. The van der Waals surface area contributed by atoms with Gasteiger partial charge in [0.15, 0.2) is 0 Å². The minimum absolute atomic E-state index is 0.0106. The van der Waals surface area contributed by atoms with Crippen LogP contribution in [0.2, 0.25) is 0 Å². The molecule has 1 unspecified atom stereocenters. The highest BCUT2D eigenvalue weighted by molar-refractivity contribution is 5.71. The van der Waals surface area contributed by atoms with Gasteiger partial charge in [-0.2, -0.15) is 0 Å². The molecule has 2 heteroatoms. The second kappa shape index (κ2) is 16.0. The lowest BCUT2D eigenvalue weighted by atomic mass is 10.0. The van der Waals surface area contributed by atoms with E-state index in [0.29, 0.717) is 6.42 Å². The minimum atomic E-state index is 0.0106. The van der Waals surface area contributed by atoms with E-state index in [-0.39, 0.29) is 12.1 Å². The van der Waals surface area contributed by atoms with Crippen molar-refractivity contribution >= 4 is 5.97 Å². The lowest BCUT2D eigenvalue weighted by Gasteiger charge is -2.08. The van der Waals surface area contributed by atoms with Gasteiger partial charge in [0, 0.05) is 6.42 Å². The minimum Gasteiger partial charge on any atom is -0.462 e. The maximum absolute atomic E-state index is 11.0. The summed E-state index contributed by atoms with van der Waals surface area (Å²) in [6, 6.07) is 0. The fourth-order valence-corrected chi connectivity index (χ4v) is 3.71. The number of hydrogen-bond donors (Lipinski definition) is 0. The van der Waals surface area contributed by atoms with E-state index in [0.717, 1.165) is 12.8 Å². The molecule has 1 rings (SSSR count). The third-order valence-electron chi connectivity index (χ3n) is 5.35. The van der Waals surface area contributed by atoms with E-state index in [1.54, 1.807) is 0 Å². The summed E-state index contributed by atoms with van der Waals surface area (Å²) in [4.78, 5) is 11.0. The molecule has 0 radical (unpaired) electrons. The molecule has 1 heterocycles. The molecule has 1 atom stereocenters. The average Bonchev–Trinajstić information content (AvgIpc) is 3.00. The van der Waals surface area contributed by atoms with Gasteiger partial charge in [-0.05, 0) is 19.3 Å². The summed E-state index contributed by atoms with van der Waals surface area (Å²) >= 11 is 0. The third-order valence-corrected chi connectivity index (χ3v) is 5.35. The summed E-state index contributed by atoms with van der Waals surface area (Å²) < 4.78 is 5.25. The Balaban J connectivity index is 1.67. The maximum atomic E-state index is 11.0. The first-order valence-corrected chi connectivity index (χ1v) is 11.0. The van der Waals surface area contributed by atoms with Crippen molar-refractivity contribution in [1.82, 2.24) is 0 Å². The van der Waals surface area contributed by atoms with E-state index >= 15 is 0 Å². The van der Waals surface area contributed by atoms with Crippen molar-refractivity contribution in [1.29, 1.82) is 0 Å². The van der Waals surface area contributed by atoms with Gasteiger partial charge in [-0.3, -0.25) is 4.79 Å². The molecular weight excluding hydrogens is 296 g/mol. The number of esters is 1. The lowest BCUT2D eigenvalue weighted by molar-refractivity contribution is -0.141. The largest absolute Gasteiger partial charge is 0.462 e. The number of hydrogen-bond acceptors (Lipinski definition) is 2. The SMILES string of the molecule is CCCCCCCCCCCCCCCCCCC1CCC(=O)O1. The third kappa shape index (κ3) is 12.8. The summed E-state index contributed by atoms with van der Waals surface area (Å²) in [7, 11) is 0. The van der Waals surface area contributed by atoms with Crippen molar-refractivity contribution in [3.05, 3.63) is 0 Å². The quantitative estimate of drug-likeness (QED) is 0.205. The highest BCUT2D eigenvalue weighted by Crippen LogP contribution is 2.20. The van der Waals surface area contributed by atoms with Crippen LogP contribution in [0.3, 0.4) is 0 Å². The first kappa shape index (κ1) is 21.5. The Hall–Kier alpha value is -0.530. The molecule has 1 fully saturated rings. The summed E-state index contributed by atoms with van der Waals surface area (Å²) in [6.45, 7) is 2.29. The van der Waals surface area contributed by atoms with E-state index in [2.05, 4.69) is 6.92 Å². The van der Waals surface area contributed by atoms with Crippen molar-refractivity contribution in [2.24, 2.45) is 0 Å². The van der Waals surface area contributed by atoms with Gasteiger partial charge in [-0.15, -0.1) is 0 Å². The van der Waals surface area contributed by atoms with Crippen molar-refractivity contribution in [2.45, 2.75) is 135 Å². The number of ether oxygens (including phenoxy) is 1. The number of rotatable bonds is 17. The Kier molecular flexibility index (Phi) is 14.3. The van der Waals surface area contributed by atoms with Gasteiger partial charge in [0.1, 0.15) is 6.10 Å². The molecular formula is C22H42O2. The Morgan fingerprint density at radius 2 is 1.12 bits per heavy atom. The summed E-state index contributed by atoms with van der Waals surface area (Å²) in [5.74, 6) is 0.0106. The number of carbonyl (C=O) groups excluding carboxylic acids is 1. The molecule has 142 valence electrons. The summed E-state index contributed by atoms with van der Waals surface area (Å²) in [5, 5.41) is 0. The molecule has 1 aliphatic rings. The molecule has 0 aromatic rings. The van der Waals surface area contributed by atoms with E-state index < -0.39 is 0 Å². The molecule has 0 aromatic carbocycles. The van der Waals surface area contributed by atoms with Gasteiger partial charge >= 0.3 is 5.97 Å². The smallest absolute Gasteiger partial charge is 0.306 e. The first-order valence-electron chi connectivity index (χ1n) is 11.0. The first-order chi connectivity index (χ1) is 11.8. The van der Waals surface area contributed by atoms with E-state index in [9.17, 15) is 4.79 Å². The topological polar surface area (TPSA) is 26.3 Å². The van der Waals surface area contributed by atoms with Crippen LogP contribution in [0.4, 0.5) is 0 Å². The summed E-state index contributed by atoms with van der Waals surface area (Å²) in [6.07, 6.45) is 25.5. The molecule has 1 saturated heterocycles. The van der Waals surface area contributed by atoms with Crippen LogP contribution in [-0.2, 0) is 9.53 Å². The van der Waals surface area contributed by atoms with Crippen molar-refractivity contribution in [2.75, 3.05) is 0 Å². The van der Waals surface area contributed by atoms with E-state index in [1.165, 1.54) is 103 Å². The fourth-order valence-electron chi connectivity index (χ4n) is 3.71. The van der Waals surface area contributed by atoms with Gasteiger partial charge < -0.3 is 4.74 Å². The highest BCUT2D eigenvalue weighted by Gasteiger charge is 2.22. The average molecular weight is 339 g/mol. The standard InChI is InChI=1S/C22H42O2/c1-2-3-4-5-6-7-8-9-10-11-12-13-14-15-16-17-18-21-19-20-22(23)24-21/h21H,2-20H2,1H3. The molecule has 0 spiro atoms. The zero-order valence-corrected chi connectivity index (χ0v) is 16.3. The molecule has 1 aliphatic heterocycles. The molecule has 0 N–H and O–H groups in total. The molecule has 0 aliphatic carbocycles. The monoisotopic (exact) mass is 338 g/mol. The second-order valence-corrected chi connectivity index (χ2v) is 7.74. The van der Waals surface area contributed by atoms with Crippen LogP contribution in [0.25, 0.3) is 0 Å². The Morgan fingerprint density at radius 3 is 1.50 bits per heavy atom. The van der Waals surface area contributed by atoms with Gasteiger partial charge in [0.05, 0.1) is 0 Å². The number of carbonyl (C=O) groups is 1. The lowest BCUT2D eigenvalue weighted by Crippen LogP contribution is -2.06. The van der Waals surface area contributed by atoms with Gasteiger partial charge in [0.2, 0.25) is 0 Å². The van der Waals surface area contributed by atoms with Crippen LogP contribution in [0.5, 0.6) is 0 Å². The van der Waals surface area contributed by atoms with Crippen molar-refractivity contribution in [3.8, 4) is 0 Å². The molecule has 0 amide bonds. The summed E-state index contributed by atoms with van der Waals surface area (Å²) in [5.41, 5.74) is 0. The highest BCUT2D eigenvalue weighted by atomic mass is 16.5. The van der Waals surface area contributed by atoms with Crippen LogP contribution in [0.15, 0.2) is 0 Å². The van der Waals surface area contributed by atoms with Crippen LogP contribution < -0.4 is 0 Å². The number of cyclic esters (lactones) is 1. The van der Waals surface area contributed by atoms with Crippen LogP contribution in [-0.4, -0.2) is 12.1 Å². The van der Waals surface area contributed by atoms with Gasteiger partial charge in [-0.25, -0.2) is 0 Å².